The molecule has 8 heteroatoms. The Balaban J connectivity index is 1.54. The molecule has 0 spiro atoms. The minimum absolute atomic E-state index is 0.209. The molecular weight excluding hydrogens is 380 g/mol. The van der Waals surface area contributed by atoms with E-state index in [0.717, 1.165) is 29.7 Å². The van der Waals surface area contributed by atoms with Gasteiger partial charge in [-0.05, 0) is 44.0 Å². The number of aromatic nitrogens is 5. The van der Waals surface area contributed by atoms with Gasteiger partial charge in [-0.15, -0.1) is 0 Å². The van der Waals surface area contributed by atoms with Crippen molar-refractivity contribution in [1.82, 2.24) is 24.9 Å². The molecule has 3 heterocycles. The van der Waals surface area contributed by atoms with Gasteiger partial charge in [-0.1, -0.05) is 30.3 Å². The van der Waals surface area contributed by atoms with Crippen LogP contribution in [0.2, 0.25) is 0 Å². The maximum absolute atomic E-state index is 12.7. The van der Waals surface area contributed by atoms with E-state index in [-0.39, 0.29) is 5.91 Å². The molecule has 3 aromatic heterocycles. The van der Waals surface area contributed by atoms with Gasteiger partial charge in [0.2, 0.25) is 0 Å². The van der Waals surface area contributed by atoms with Gasteiger partial charge in [0, 0.05) is 18.3 Å². The van der Waals surface area contributed by atoms with Crippen molar-refractivity contribution < 1.29 is 9.32 Å². The number of hydrogen-bond donors (Lipinski definition) is 1. The number of nitrogens with one attached hydrogen (secondary N) is 1. The van der Waals surface area contributed by atoms with E-state index in [9.17, 15) is 4.79 Å². The van der Waals surface area contributed by atoms with Crippen molar-refractivity contribution in [2.75, 3.05) is 5.32 Å². The second-order valence-electron chi connectivity index (χ2n) is 7.00. The summed E-state index contributed by atoms with van der Waals surface area (Å²) in [6.07, 6.45) is 4.93. The standard InChI is InChI=1S/C22H22N6O2/c1-4-7-19-26-22(30-27-19)16-10-11-20(23-12-16)28-15(3)17(13-24-28)21(29)25-18-9-6-5-8-14(18)2/h5-6,8-13H,4,7H2,1-3H3,(H,25,29). The Morgan fingerprint density at radius 1 is 1.13 bits per heavy atom. The Labute approximate surface area is 174 Å². The van der Waals surface area contributed by atoms with Crippen LogP contribution in [-0.4, -0.2) is 30.8 Å². The van der Waals surface area contributed by atoms with Gasteiger partial charge in [0.25, 0.3) is 11.8 Å². The van der Waals surface area contributed by atoms with Gasteiger partial charge < -0.3 is 9.84 Å². The third kappa shape index (κ3) is 3.84. The van der Waals surface area contributed by atoms with Crippen molar-refractivity contribution in [1.29, 1.82) is 0 Å². The number of amides is 1. The molecule has 0 unspecified atom stereocenters. The number of carbonyl (C=O) groups is 1. The number of rotatable bonds is 6. The summed E-state index contributed by atoms with van der Waals surface area (Å²) < 4.78 is 6.93. The van der Waals surface area contributed by atoms with Crippen molar-refractivity contribution in [3.8, 4) is 17.3 Å². The fraction of sp³-hybridized carbons (Fsp3) is 0.227. The van der Waals surface area contributed by atoms with E-state index < -0.39 is 0 Å². The van der Waals surface area contributed by atoms with E-state index in [1.54, 1.807) is 17.1 Å². The molecule has 0 saturated heterocycles. The van der Waals surface area contributed by atoms with Crippen molar-refractivity contribution in [3.05, 3.63) is 71.4 Å². The van der Waals surface area contributed by atoms with Crippen LogP contribution < -0.4 is 5.32 Å². The molecule has 4 aromatic rings. The van der Waals surface area contributed by atoms with Crippen molar-refractivity contribution in [2.45, 2.75) is 33.6 Å². The second kappa shape index (κ2) is 8.28. The third-order valence-electron chi connectivity index (χ3n) is 4.80. The molecule has 0 atom stereocenters. The highest BCUT2D eigenvalue weighted by atomic mass is 16.5. The van der Waals surface area contributed by atoms with E-state index in [0.29, 0.717) is 28.8 Å². The summed E-state index contributed by atoms with van der Waals surface area (Å²) >= 11 is 0. The summed E-state index contributed by atoms with van der Waals surface area (Å²) in [5.41, 5.74) is 3.70. The van der Waals surface area contributed by atoms with E-state index in [4.69, 9.17) is 4.52 Å². The zero-order chi connectivity index (χ0) is 21.1. The summed E-state index contributed by atoms with van der Waals surface area (Å²) in [6, 6.07) is 11.3. The summed E-state index contributed by atoms with van der Waals surface area (Å²) in [4.78, 5) is 21.5. The summed E-state index contributed by atoms with van der Waals surface area (Å²) in [6.45, 7) is 5.85. The zero-order valence-electron chi connectivity index (χ0n) is 17.1. The molecule has 0 fully saturated rings. The minimum Gasteiger partial charge on any atom is -0.334 e. The lowest BCUT2D eigenvalue weighted by Crippen LogP contribution is -2.14. The molecule has 8 nitrogen and oxygen atoms in total. The number of aryl methyl sites for hydroxylation is 2. The molecule has 1 N–H and O–H groups in total. The zero-order valence-corrected chi connectivity index (χ0v) is 17.1. The van der Waals surface area contributed by atoms with Crippen LogP contribution in [0.3, 0.4) is 0 Å². The lowest BCUT2D eigenvalue weighted by Gasteiger charge is -2.08. The summed E-state index contributed by atoms with van der Waals surface area (Å²) in [5.74, 6) is 1.51. The number of benzene rings is 1. The van der Waals surface area contributed by atoms with E-state index in [2.05, 4.69) is 32.5 Å². The van der Waals surface area contributed by atoms with Gasteiger partial charge in [-0.2, -0.15) is 10.1 Å². The van der Waals surface area contributed by atoms with Crippen LogP contribution in [0, 0.1) is 13.8 Å². The van der Waals surface area contributed by atoms with Gasteiger partial charge in [0.15, 0.2) is 11.6 Å². The highest BCUT2D eigenvalue weighted by Gasteiger charge is 2.17. The van der Waals surface area contributed by atoms with Crippen molar-refractivity contribution in [2.24, 2.45) is 0 Å². The topological polar surface area (TPSA) is 98.7 Å². The Morgan fingerprint density at radius 3 is 2.70 bits per heavy atom. The molecular formula is C22H22N6O2. The van der Waals surface area contributed by atoms with E-state index in [1.807, 2.05) is 50.2 Å². The molecule has 0 saturated carbocycles. The van der Waals surface area contributed by atoms with Gasteiger partial charge in [0.1, 0.15) is 0 Å². The highest BCUT2D eigenvalue weighted by Crippen LogP contribution is 2.20. The molecule has 0 aliphatic carbocycles. The Hall–Kier alpha value is -3.81. The number of nitrogens with zero attached hydrogens (tertiary/aromatic N) is 5. The first-order chi connectivity index (χ1) is 14.6. The predicted octanol–water partition coefficient (Wildman–Crippen LogP) is 4.14. The number of carbonyl (C=O) groups excluding carboxylic acids is 1. The first-order valence-corrected chi connectivity index (χ1v) is 9.77. The van der Waals surface area contributed by atoms with Gasteiger partial charge >= 0.3 is 0 Å². The van der Waals surface area contributed by atoms with Crippen LogP contribution in [-0.2, 0) is 6.42 Å². The van der Waals surface area contributed by atoms with Crippen LogP contribution in [0.1, 0.15) is 40.8 Å². The van der Waals surface area contributed by atoms with Crippen LogP contribution in [0.25, 0.3) is 17.3 Å². The molecule has 30 heavy (non-hydrogen) atoms. The van der Waals surface area contributed by atoms with Crippen LogP contribution in [0.4, 0.5) is 5.69 Å². The molecule has 0 aliphatic rings. The van der Waals surface area contributed by atoms with Gasteiger partial charge in [-0.3, -0.25) is 4.79 Å². The lowest BCUT2D eigenvalue weighted by atomic mass is 10.2. The molecule has 0 bridgehead atoms. The van der Waals surface area contributed by atoms with Crippen LogP contribution in [0.15, 0.2) is 53.3 Å². The first kappa shape index (κ1) is 19.5. The average Bonchev–Trinajstić information content (AvgIpc) is 3.37. The van der Waals surface area contributed by atoms with Crippen LogP contribution in [0.5, 0.6) is 0 Å². The smallest absolute Gasteiger partial charge is 0.259 e. The fourth-order valence-corrected chi connectivity index (χ4v) is 3.10. The monoisotopic (exact) mass is 402 g/mol. The summed E-state index contributed by atoms with van der Waals surface area (Å²) in [7, 11) is 0. The average molecular weight is 402 g/mol. The first-order valence-electron chi connectivity index (χ1n) is 9.77. The Bertz CT molecular complexity index is 1180. The Kier molecular flexibility index (Phi) is 5.38. The summed E-state index contributed by atoms with van der Waals surface area (Å²) in [5, 5.41) is 11.2. The van der Waals surface area contributed by atoms with E-state index >= 15 is 0 Å². The quantitative estimate of drug-likeness (QED) is 0.520. The Morgan fingerprint density at radius 2 is 1.97 bits per heavy atom. The maximum atomic E-state index is 12.7. The molecule has 1 amide bonds. The van der Waals surface area contributed by atoms with Crippen molar-refractivity contribution in [3.63, 3.8) is 0 Å². The maximum Gasteiger partial charge on any atom is 0.259 e. The second-order valence-corrected chi connectivity index (χ2v) is 7.00. The minimum atomic E-state index is -0.209. The number of anilines is 1. The third-order valence-corrected chi connectivity index (χ3v) is 4.80. The van der Waals surface area contributed by atoms with Crippen molar-refractivity contribution >= 4 is 11.6 Å². The SMILES string of the molecule is CCCc1noc(-c2ccc(-n3ncc(C(=O)Nc4ccccc4C)c3C)nc2)n1. The number of hydrogen-bond acceptors (Lipinski definition) is 6. The fourth-order valence-electron chi connectivity index (χ4n) is 3.10. The molecule has 1 aromatic carbocycles. The molecule has 4 rings (SSSR count). The molecule has 0 aliphatic heterocycles. The number of pyridine rings is 1. The number of para-hydroxylation sites is 1. The molecule has 152 valence electrons. The predicted molar refractivity (Wildman–Crippen MR) is 113 cm³/mol. The van der Waals surface area contributed by atoms with Gasteiger partial charge in [-0.25, -0.2) is 9.67 Å². The normalized spacial score (nSPS) is 10.9. The van der Waals surface area contributed by atoms with Gasteiger partial charge in [0.05, 0.1) is 23.0 Å². The lowest BCUT2D eigenvalue weighted by molar-refractivity contribution is 0.102. The molecule has 0 radical (unpaired) electrons. The highest BCUT2D eigenvalue weighted by molar-refractivity contribution is 6.05. The van der Waals surface area contributed by atoms with Crippen LogP contribution >= 0.6 is 0 Å². The van der Waals surface area contributed by atoms with E-state index in [1.165, 1.54) is 0 Å². The largest absolute Gasteiger partial charge is 0.334 e.